The minimum Gasteiger partial charge on any atom is -0.335 e. The van der Waals surface area contributed by atoms with Crippen molar-refractivity contribution in [2.45, 2.75) is 44.7 Å². The Bertz CT molecular complexity index is 1720. The van der Waals surface area contributed by atoms with Crippen LogP contribution >= 0.6 is 0 Å². The average molecular weight is 538 g/mol. The average Bonchev–Trinajstić information content (AvgIpc) is 2.92. The zero-order chi connectivity index (χ0) is 27.6. The van der Waals surface area contributed by atoms with Crippen molar-refractivity contribution in [3.8, 4) is 11.3 Å². The molecule has 1 N–H and O–H groups in total. The third kappa shape index (κ3) is 5.82. The summed E-state index contributed by atoms with van der Waals surface area (Å²) in [7, 11) is -3.74. The van der Waals surface area contributed by atoms with Crippen molar-refractivity contribution in [1.82, 2.24) is 19.7 Å². The molecule has 2 aromatic carbocycles. The number of fused-ring (bicyclic) bond motifs is 1. The van der Waals surface area contributed by atoms with Gasteiger partial charge in [0, 0.05) is 47.0 Å². The van der Waals surface area contributed by atoms with Crippen LogP contribution in [0.2, 0.25) is 0 Å². The van der Waals surface area contributed by atoms with Crippen molar-refractivity contribution < 1.29 is 8.42 Å². The highest BCUT2D eigenvalue weighted by molar-refractivity contribution is 7.89. The van der Waals surface area contributed by atoms with Crippen LogP contribution in [0, 0.1) is 6.92 Å². The number of nitrogens with one attached hydrogen (secondary N) is 1. The minimum atomic E-state index is -3.74. The third-order valence-electron chi connectivity index (χ3n) is 6.31. The van der Waals surface area contributed by atoms with Crippen LogP contribution in [0.15, 0.2) is 102 Å². The van der Waals surface area contributed by atoms with E-state index in [1.165, 1.54) is 6.20 Å². The predicted molar refractivity (Wildman–Crippen MR) is 156 cm³/mol. The Kier molecular flexibility index (Phi) is 7.16. The van der Waals surface area contributed by atoms with Gasteiger partial charge in [-0.1, -0.05) is 36.4 Å². The van der Waals surface area contributed by atoms with Crippen LogP contribution in [-0.4, -0.2) is 28.9 Å². The van der Waals surface area contributed by atoms with Crippen LogP contribution in [0.5, 0.6) is 0 Å². The first-order valence-corrected chi connectivity index (χ1v) is 14.2. The van der Waals surface area contributed by atoms with E-state index in [2.05, 4.69) is 43.9 Å². The number of pyridine rings is 3. The van der Waals surface area contributed by atoms with Gasteiger partial charge in [0.15, 0.2) is 0 Å². The Balaban J connectivity index is 1.60. The van der Waals surface area contributed by atoms with Gasteiger partial charge in [-0.15, -0.1) is 0 Å². The molecule has 0 aliphatic heterocycles. The first-order valence-electron chi connectivity index (χ1n) is 12.7. The molecule has 0 saturated carbocycles. The lowest BCUT2D eigenvalue weighted by Crippen LogP contribution is -2.40. The zero-order valence-electron chi connectivity index (χ0n) is 22.5. The molecule has 0 radical (unpaired) electrons. The Morgan fingerprint density at radius 3 is 2.33 bits per heavy atom. The fourth-order valence-electron chi connectivity index (χ4n) is 4.63. The summed E-state index contributed by atoms with van der Waals surface area (Å²) in [4.78, 5) is 16.0. The van der Waals surface area contributed by atoms with Gasteiger partial charge in [-0.2, -0.15) is 0 Å². The van der Waals surface area contributed by atoms with Gasteiger partial charge >= 0.3 is 0 Å². The lowest BCUT2D eigenvalue weighted by atomic mass is 10.0. The molecule has 3 heterocycles. The third-order valence-corrected chi connectivity index (χ3v) is 8.03. The number of para-hydroxylation sites is 1. The monoisotopic (exact) mass is 537 g/mol. The Hall–Kier alpha value is -4.14. The van der Waals surface area contributed by atoms with Crippen LogP contribution in [-0.2, 0) is 16.6 Å². The van der Waals surface area contributed by atoms with E-state index in [-0.39, 0.29) is 4.90 Å². The topological polar surface area (TPSA) is 88.1 Å². The second kappa shape index (κ2) is 10.6. The molecule has 0 atom stereocenters. The normalized spacial score (nSPS) is 12.0. The molecular weight excluding hydrogens is 506 g/mol. The molecule has 0 aliphatic rings. The quantitative estimate of drug-likeness (QED) is 0.258. The minimum absolute atomic E-state index is 0.107. The van der Waals surface area contributed by atoms with Crippen molar-refractivity contribution in [2.75, 3.05) is 4.90 Å². The summed E-state index contributed by atoms with van der Waals surface area (Å²) in [6, 6.07) is 24.0. The van der Waals surface area contributed by atoms with Crippen LogP contribution < -0.4 is 9.62 Å². The molecule has 0 amide bonds. The summed E-state index contributed by atoms with van der Waals surface area (Å²) in [5.74, 6) is 0. The molecule has 39 heavy (non-hydrogen) atoms. The van der Waals surface area contributed by atoms with Gasteiger partial charge in [0.05, 0.1) is 23.6 Å². The summed E-state index contributed by atoms with van der Waals surface area (Å²) in [6.45, 7) is 8.02. The highest BCUT2D eigenvalue weighted by Gasteiger charge is 2.23. The Morgan fingerprint density at radius 1 is 0.846 bits per heavy atom. The Morgan fingerprint density at radius 2 is 1.62 bits per heavy atom. The van der Waals surface area contributed by atoms with Crippen LogP contribution in [0.4, 0.5) is 11.4 Å². The van der Waals surface area contributed by atoms with Gasteiger partial charge in [0.2, 0.25) is 10.0 Å². The molecule has 8 heteroatoms. The van der Waals surface area contributed by atoms with E-state index in [1.807, 2.05) is 55.6 Å². The number of rotatable bonds is 7. The van der Waals surface area contributed by atoms with Gasteiger partial charge in [0.1, 0.15) is 4.90 Å². The van der Waals surface area contributed by atoms with Gasteiger partial charge < -0.3 is 4.90 Å². The molecule has 5 rings (SSSR count). The van der Waals surface area contributed by atoms with E-state index < -0.39 is 15.6 Å². The fraction of sp³-hybridized carbons (Fsp3) is 0.194. The Labute approximate surface area is 229 Å². The number of aryl methyl sites for hydroxylation is 1. The molecule has 0 spiro atoms. The summed E-state index contributed by atoms with van der Waals surface area (Å²) in [5.41, 5.74) is 4.68. The smallest absolute Gasteiger partial charge is 0.242 e. The van der Waals surface area contributed by atoms with Crippen molar-refractivity contribution >= 4 is 32.2 Å². The summed E-state index contributed by atoms with van der Waals surface area (Å²) < 4.78 is 28.6. The number of aromatic nitrogens is 3. The second-order valence-electron chi connectivity index (χ2n) is 10.5. The van der Waals surface area contributed by atoms with E-state index in [0.717, 1.165) is 33.4 Å². The first kappa shape index (κ1) is 26.5. The maximum absolute atomic E-state index is 13.0. The van der Waals surface area contributed by atoms with Gasteiger partial charge in [-0.05, 0) is 75.0 Å². The van der Waals surface area contributed by atoms with Crippen molar-refractivity contribution in [3.05, 3.63) is 109 Å². The lowest BCUT2D eigenvalue weighted by molar-refractivity contribution is 0.491. The van der Waals surface area contributed by atoms with Gasteiger partial charge in [-0.3, -0.25) is 15.0 Å². The molecule has 3 aromatic heterocycles. The number of hydrogen-bond donors (Lipinski definition) is 1. The van der Waals surface area contributed by atoms with E-state index >= 15 is 0 Å². The van der Waals surface area contributed by atoms with E-state index in [1.54, 1.807) is 39.2 Å². The standard InChI is InChI=1S/C31H31N5O2S/c1-22-27-14-10-15-29(36(25-12-6-5-7-13-25)21-24-11-8-9-16-33-24)28(27)20-34-30(22)23-17-26(19-32-18-23)39(37,38)35-31(2,3)4/h5-20,35H,21H2,1-4H3. The molecule has 0 saturated heterocycles. The van der Waals surface area contributed by atoms with Crippen molar-refractivity contribution in [1.29, 1.82) is 0 Å². The van der Waals surface area contributed by atoms with Gasteiger partial charge in [0.25, 0.3) is 0 Å². The number of anilines is 2. The summed E-state index contributed by atoms with van der Waals surface area (Å²) in [6.07, 6.45) is 6.68. The van der Waals surface area contributed by atoms with Crippen molar-refractivity contribution in [3.63, 3.8) is 0 Å². The first-order chi connectivity index (χ1) is 18.6. The lowest BCUT2D eigenvalue weighted by Gasteiger charge is -2.26. The molecule has 0 bridgehead atoms. The van der Waals surface area contributed by atoms with E-state index in [4.69, 9.17) is 4.98 Å². The SMILES string of the molecule is Cc1c(-c2cncc(S(=O)(=O)NC(C)(C)C)c2)ncc2c(N(Cc3ccccn3)c3ccccc3)cccc12. The molecule has 0 fully saturated rings. The highest BCUT2D eigenvalue weighted by Crippen LogP contribution is 2.36. The van der Waals surface area contributed by atoms with E-state index in [9.17, 15) is 8.42 Å². The molecule has 5 aromatic rings. The molecular formula is C31H31N5O2S. The summed E-state index contributed by atoms with van der Waals surface area (Å²) >= 11 is 0. The maximum atomic E-state index is 13.0. The molecule has 7 nitrogen and oxygen atoms in total. The van der Waals surface area contributed by atoms with Crippen LogP contribution in [0.1, 0.15) is 32.0 Å². The molecule has 0 unspecified atom stereocenters. The largest absolute Gasteiger partial charge is 0.335 e. The second-order valence-corrected chi connectivity index (χ2v) is 12.2. The van der Waals surface area contributed by atoms with Gasteiger partial charge in [-0.25, -0.2) is 13.1 Å². The maximum Gasteiger partial charge on any atom is 0.242 e. The predicted octanol–water partition coefficient (Wildman–Crippen LogP) is 6.42. The fourth-order valence-corrected chi connectivity index (χ4v) is 6.04. The summed E-state index contributed by atoms with van der Waals surface area (Å²) in [5, 5.41) is 2.02. The highest BCUT2D eigenvalue weighted by atomic mass is 32.2. The number of nitrogens with zero attached hydrogens (tertiary/aromatic N) is 4. The van der Waals surface area contributed by atoms with Crippen molar-refractivity contribution in [2.24, 2.45) is 0 Å². The number of benzene rings is 2. The van der Waals surface area contributed by atoms with Crippen LogP contribution in [0.3, 0.4) is 0 Å². The molecule has 0 aliphatic carbocycles. The number of hydrogen-bond acceptors (Lipinski definition) is 6. The van der Waals surface area contributed by atoms with E-state index in [0.29, 0.717) is 17.8 Å². The van der Waals surface area contributed by atoms with Crippen LogP contribution in [0.25, 0.3) is 22.0 Å². The number of sulfonamides is 1. The zero-order valence-corrected chi connectivity index (χ0v) is 23.3. The molecule has 198 valence electrons.